The van der Waals surface area contributed by atoms with Crippen LogP contribution in [0.25, 0.3) is 0 Å². The first-order valence-corrected chi connectivity index (χ1v) is 6.55. The third-order valence-corrected chi connectivity index (χ3v) is 2.86. The van der Waals surface area contributed by atoms with Gasteiger partial charge in [0.2, 0.25) is 5.91 Å². The van der Waals surface area contributed by atoms with Gasteiger partial charge in [-0.1, -0.05) is 25.4 Å². The van der Waals surface area contributed by atoms with Crippen molar-refractivity contribution in [3.05, 3.63) is 28.8 Å². The quantitative estimate of drug-likeness (QED) is 0.871. The number of carbonyl (C=O) groups excluding carboxylic acids is 1. The Morgan fingerprint density at radius 2 is 2.11 bits per heavy atom. The number of nitriles is 1. The summed E-state index contributed by atoms with van der Waals surface area (Å²) in [4.78, 5) is 11.8. The zero-order valence-corrected chi connectivity index (χ0v) is 12.1. The van der Waals surface area contributed by atoms with E-state index in [4.69, 9.17) is 16.9 Å². The summed E-state index contributed by atoms with van der Waals surface area (Å²) in [5.41, 5.74) is 1.14. The molecular formula is C14H18ClN3O. The van der Waals surface area contributed by atoms with Gasteiger partial charge in [-0.15, -0.1) is 0 Å². The molecule has 0 bridgehead atoms. The summed E-state index contributed by atoms with van der Waals surface area (Å²) in [6.07, 6.45) is 0. The number of nitrogens with one attached hydrogen (secondary N) is 2. The highest BCUT2D eigenvalue weighted by Gasteiger charge is 2.14. The highest BCUT2D eigenvalue weighted by Crippen LogP contribution is 2.23. The Morgan fingerprint density at radius 1 is 1.42 bits per heavy atom. The summed E-state index contributed by atoms with van der Waals surface area (Å²) >= 11 is 6.04. The van der Waals surface area contributed by atoms with Crippen molar-refractivity contribution in [3.63, 3.8) is 0 Å². The lowest BCUT2D eigenvalue weighted by atomic mass is 10.2. The van der Waals surface area contributed by atoms with Crippen LogP contribution in [-0.4, -0.2) is 18.5 Å². The smallest absolute Gasteiger partial charge is 0.242 e. The second kappa shape index (κ2) is 7.01. The molecule has 1 amide bonds. The number of halogens is 1. The standard InChI is InChI=1S/C14H18ClN3O/c1-9(2)8-17-14(19)10(3)18-13-5-4-11(7-16)6-12(13)15/h4-6,9-10,18H,8H2,1-3H3,(H,17,19). The van der Waals surface area contributed by atoms with Gasteiger partial charge in [-0.25, -0.2) is 0 Å². The molecule has 2 N–H and O–H groups in total. The van der Waals surface area contributed by atoms with Gasteiger partial charge in [-0.3, -0.25) is 4.79 Å². The molecular weight excluding hydrogens is 262 g/mol. The maximum Gasteiger partial charge on any atom is 0.242 e. The molecule has 0 aromatic heterocycles. The van der Waals surface area contributed by atoms with Gasteiger partial charge in [0.05, 0.1) is 22.3 Å². The van der Waals surface area contributed by atoms with E-state index in [1.54, 1.807) is 25.1 Å². The van der Waals surface area contributed by atoms with E-state index in [1.165, 1.54) is 0 Å². The van der Waals surface area contributed by atoms with Gasteiger partial charge < -0.3 is 10.6 Å². The molecule has 0 saturated carbocycles. The largest absolute Gasteiger partial charge is 0.373 e. The van der Waals surface area contributed by atoms with Crippen LogP contribution in [0.15, 0.2) is 18.2 Å². The van der Waals surface area contributed by atoms with E-state index < -0.39 is 0 Å². The number of carbonyl (C=O) groups is 1. The predicted octanol–water partition coefficient (Wildman–Crippen LogP) is 2.78. The minimum Gasteiger partial charge on any atom is -0.373 e. The van der Waals surface area contributed by atoms with E-state index in [0.29, 0.717) is 28.7 Å². The minimum atomic E-state index is -0.385. The first-order chi connectivity index (χ1) is 8.93. The van der Waals surface area contributed by atoms with Gasteiger partial charge in [0.25, 0.3) is 0 Å². The molecule has 0 aliphatic rings. The molecule has 19 heavy (non-hydrogen) atoms. The monoisotopic (exact) mass is 279 g/mol. The van der Waals surface area contributed by atoms with Crippen LogP contribution in [0.3, 0.4) is 0 Å². The van der Waals surface area contributed by atoms with E-state index in [2.05, 4.69) is 10.6 Å². The molecule has 0 aliphatic heterocycles. The second-order valence-electron chi connectivity index (χ2n) is 4.81. The van der Waals surface area contributed by atoms with E-state index >= 15 is 0 Å². The highest BCUT2D eigenvalue weighted by molar-refractivity contribution is 6.33. The first-order valence-electron chi connectivity index (χ1n) is 6.18. The van der Waals surface area contributed by atoms with Crippen LogP contribution in [0, 0.1) is 17.2 Å². The summed E-state index contributed by atoms with van der Waals surface area (Å²) in [6.45, 7) is 6.49. The summed E-state index contributed by atoms with van der Waals surface area (Å²) in [6, 6.07) is 6.56. The summed E-state index contributed by atoms with van der Waals surface area (Å²) < 4.78 is 0. The van der Waals surface area contributed by atoms with Crippen molar-refractivity contribution in [1.82, 2.24) is 5.32 Å². The molecule has 5 heteroatoms. The number of anilines is 1. The maximum absolute atomic E-state index is 11.8. The summed E-state index contributed by atoms with van der Waals surface area (Å²) in [5, 5.41) is 15.1. The van der Waals surface area contributed by atoms with Crippen LogP contribution < -0.4 is 10.6 Å². The van der Waals surface area contributed by atoms with E-state index in [1.807, 2.05) is 19.9 Å². The van der Waals surface area contributed by atoms with Crippen molar-refractivity contribution in [2.45, 2.75) is 26.8 Å². The average molecular weight is 280 g/mol. The van der Waals surface area contributed by atoms with Gasteiger partial charge in [0, 0.05) is 6.54 Å². The molecule has 0 saturated heterocycles. The number of amides is 1. The molecule has 0 radical (unpaired) electrons. The molecule has 0 fully saturated rings. The lowest BCUT2D eigenvalue weighted by Crippen LogP contribution is -2.39. The Morgan fingerprint density at radius 3 is 2.63 bits per heavy atom. The van der Waals surface area contributed by atoms with Gasteiger partial charge in [0.1, 0.15) is 6.04 Å². The van der Waals surface area contributed by atoms with Crippen molar-refractivity contribution >= 4 is 23.2 Å². The Bertz CT molecular complexity index is 494. The lowest BCUT2D eigenvalue weighted by Gasteiger charge is -2.17. The van der Waals surface area contributed by atoms with Crippen molar-refractivity contribution < 1.29 is 4.79 Å². The lowest BCUT2D eigenvalue weighted by molar-refractivity contribution is -0.121. The van der Waals surface area contributed by atoms with Gasteiger partial charge in [0.15, 0.2) is 0 Å². The number of nitrogens with zero attached hydrogens (tertiary/aromatic N) is 1. The zero-order chi connectivity index (χ0) is 14.4. The second-order valence-corrected chi connectivity index (χ2v) is 5.22. The Balaban J connectivity index is 2.64. The van der Waals surface area contributed by atoms with E-state index in [-0.39, 0.29) is 11.9 Å². The van der Waals surface area contributed by atoms with Crippen LogP contribution in [0.5, 0.6) is 0 Å². The summed E-state index contributed by atoms with van der Waals surface area (Å²) in [7, 11) is 0. The molecule has 1 aromatic rings. The number of hydrogen-bond acceptors (Lipinski definition) is 3. The van der Waals surface area contributed by atoms with Crippen LogP contribution in [0.4, 0.5) is 5.69 Å². The zero-order valence-electron chi connectivity index (χ0n) is 11.3. The van der Waals surface area contributed by atoms with Crippen LogP contribution in [0.1, 0.15) is 26.3 Å². The highest BCUT2D eigenvalue weighted by atomic mass is 35.5. The van der Waals surface area contributed by atoms with Crippen LogP contribution in [0.2, 0.25) is 5.02 Å². The topological polar surface area (TPSA) is 64.9 Å². The molecule has 0 heterocycles. The third-order valence-electron chi connectivity index (χ3n) is 2.55. The fraction of sp³-hybridized carbons (Fsp3) is 0.429. The SMILES string of the molecule is CC(C)CNC(=O)C(C)Nc1ccc(C#N)cc1Cl. The minimum absolute atomic E-state index is 0.0749. The van der Waals surface area contributed by atoms with Crippen molar-refractivity contribution in [2.75, 3.05) is 11.9 Å². The van der Waals surface area contributed by atoms with Crippen molar-refractivity contribution in [3.8, 4) is 6.07 Å². The van der Waals surface area contributed by atoms with Gasteiger partial charge in [-0.2, -0.15) is 5.26 Å². The first kappa shape index (κ1) is 15.3. The molecule has 1 aromatic carbocycles. The van der Waals surface area contributed by atoms with Gasteiger partial charge >= 0.3 is 0 Å². The molecule has 1 unspecified atom stereocenters. The molecule has 1 atom stereocenters. The molecule has 1 rings (SSSR count). The summed E-state index contributed by atoms with van der Waals surface area (Å²) in [5.74, 6) is 0.337. The molecule has 102 valence electrons. The maximum atomic E-state index is 11.8. The van der Waals surface area contributed by atoms with Crippen LogP contribution in [-0.2, 0) is 4.79 Å². The normalized spacial score (nSPS) is 11.8. The number of benzene rings is 1. The van der Waals surface area contributed by atoms with E-state index in [0.717, 1.165) is 0 Å². The average Bonchev–Trinajstić information content (AvgIpc) is 2.37. The number of hydrogen-bond donors (Lipinski definition) is 2. The van der Waals surface area contributed by atoms with Crippen LogP contribution >= 0.6 is 11.6 Å². The van der Waals surface area contributed by atoms with Crippen molar-refractivity contribution in [1.29, 1.82) is 5.26 Å². The van der Waals surface area contributed by atoms with Crippen molar-refractivity contribution in [2.24, 2.45) is 5.92 Å². The molecule has 0 spiro atoms. The predicted molar refractivity (Wildman–Crippen MR) is 77.1 cm³/mol. The van der Waals surface area contributed by atoms with Gasteiger partial charge in [-0.05, 0) is 31.0 Å². The van der Waals surface area contributed by atoms with E-state index in [9.17, 15) is 4.79 Å². The third kappa shape index (κ3) is 4.80. The Labute approximate surface area is 118 Å². The fourth-order valence-electron chi connectivity index (χ4n) is 1.46. The Hall–Kier alpha value is -1.73. The number of rotatable bonds is 5. The fourth-order valence-corrected chi connectivity index (χ4v) is 1.69. The molecule has 0 aliphatic carbocycles. The Kier molecular flexibility index (Phi) is 5.65. The molecule has 4 nitrogen and oxygen atoms in total.